The third-order valence-corrected chi connectivity index (χ3v) is 3.12. The first-order valence-corrected chi connectivity index (χ1v) is 6.35. The average molecular weight is 240 g/mol. The van der Waals surface area contributed by atoms with Crippen LogP contribution in [0.3, 0.4) is 0 Å². The summed E-state index contributed by atoms with van der Waals surface area (Å²) >= 11 is 0. The molecule has 0 saturated carbocycles. The van der Waals surface area contributed by atoms with Gasteiger partial charge in [0.15, 0.2) is 0 Å². The Morgan fingerprint density at radius 2 is 1.78 bits per heavy atom. The lowest BCUT2D eigenvalue weighted by Gasteiger charge is -2.14. The minimum atomic E-state index is 0.353. The summed E-state index contributed by atoms with van der Waals surface area (Å²) in [5, 5.41) is 3.52. The van der Waals surface area contributed by atoms with Crippen LogP contribution in [0.2, 0.25) is 0 Å². The Kier molecular flexibility index (Phi) is 4.11. The molecule has 0 fully saturated rings. The summed E-state index contributed by atoms with van der Waals surface area (Å²) in [5.41, 5.74) is 5.06. The molecular weight excluding hydrogens is 220 g/mol. The summed E-state index contributed by atoms with van der Waals surface area (Å²) in [7, 11) is 0. The lowest BCUT2D eigenvalue weighted by molar-refractivity contribution is 0.573. The fourth-order valence-corrected chi connectivity index (χ4v) is 1.96. The second-order valence-electron chi connectivity index (χ2n) is 4.88. The highest BCUT2D eigenvalue weighted by Gasteiger charge is 2.04. The second kappa shape index (κ2) is 5.78. The van der Waals surface area contributed by atoms with Crippen molar-refractivity contribution < 1.29 is 0 Å². The van der Waals surface area contributed by atoms with Crippen molar-refractivity contribution in [2.75, 3.05) is 0 Å². The van der Waals surface area contributed by atoms with E-state index >= 15 is 0 Å². The lowest BCUT2D eigenvalue weighted by Crippen LogP contribution is -2.18. The van der Waals surface area contributed by atoms with Gasteiger partial charge in [0.2, 0.25) is 0 Å². The molecular formula is C16H20N2. The summed E-state index contributed by atoms with van der Waals surface area (Å²) in [5.74, 6) is 0. The SMILES string of the molecule is Cc1ccc([C@@H](C)NCc2cncc(C)c2)cc1. The lowest BCUT2D eigenvalue weighted by atomic mass is 10.1. The first kappa shape index (κ1) is 12.8. The Balaban J connectivity index is 1.96. The van der Waals surface area contributed by atoms with Crippen molar-refractivity contribution in [2.24, 2.45) is 0 Å². The Bertz CT molecular complexity index is 503. The highest BCUT2D eigenvalue weighted by atomic mass is 14.9. The number of aryl methyl sites for hydroxylation is 2. The Hall–Kier alpha value is -1.67. The van der Waals surface area contributed by atoms with Crippen molar-refractivity contribution in [1.29, 1.82) is 0 Å². The van der Waals surface area contributed by atoms with E-state index in [-0.39, 0.29) is 0 Å². The summed E-state index contributed by atoms with van der Waals surface area (Å²) in [4.78, 5) is 4.21. The molecule has 1 N–H and O–H groups in total. The predicted octanol–water partition coefficient (Wildman–Crippen LogP) is 3.55. The van der Waals surface area contributed by atoms with Gasteiger partial charge < -0.3 is 5.32 Å². The van der Waals surface area contributed by atoms with E-state index in [0.29, 0.717) is 6.04 Å². The largest absolute Gasteiger partial charge is 0.306 e. The standard InChI is InChI=1S/C16H20N2/c1-12-4-6-16(7-5-12)14(3)18-11-15-8-13(2)9-17-10-15/h4-10,14,18H,11H2,1-3H3/t14-/m1/s1. The first-order valence-electron chi connectivity index (χ1n) is 6.35. The van der Waals surface area contributed by atoms with Gasteiger partial charge in [-0.05, 0) is 37.5 Å². The van der Waals surface area contributed by atoms with E-state index in [1.807, 2.05) is 12.4 Å². The number of nitrogens with one attached hydrogen (secondary N) is 1. The van der Waals surface area contributed by atoms with Crippen molar-refractivity contribution in [2.45, 2.75) is 33.4 Å². The molecule has 0 radical (unpaired) electrons. The van der Waals surface area contributed by atoms with E-state index in [0.717, 1.165) is 6.54 Å². The number of rotatable bonds is 4. The summed E-state index contributed by atoms with van der Waals surface area (Å²) in [6.07, 6.45) is 3.80. The van der Waals surface area contributed by atoms with Crippen LogP contribution in [0.4, 0.5) is 0 Å². The maximum Gasteiger partial charge on any atom is 0.0313 e. The fraction of sp³-hybridized carbons (Fsp3) is 0.312. The Labute approximate surface area is 109 Å². The molecule has 1 aromatic heterocycles. The molecule has 0 amide bonds. The molecule has 1 heterocycles. The maximum atomic E-state index is 4.21. The van der Waals surface area contributed by atoms with E-state index in [4.69, 9.17) is 0 Å². The average Bonchev–Trinajstić information content (AvgIpc) is 2.37. The molecule has 94 valence electrons. The van der Waals surface area contributed by atoms with Gasteiger partial charge in [0.1, 0.15) is 0 Å². The smallest absolute Gasteiger partial charge is 0.0313 e. The predicted molar refractivity (Wildman–Crippen MR) is 75.4 cm³/mol. The van der Waals surface area contributed by atoms with Crippen molar-refractivity contribution in [3.05, 3.63) is 65.0 Å². The number of nitrogens with zero attached hydrogens (tertiary/aromatic N) is 1. The minimum Gasteiger partial charge on any atom is -0.306 e. The molecule has 0 bridgehead atoms. The molecule has 1 atom stereocenters. The van der Waals surface area contributed by atoms with Crippen LogP contribution >= 0.6 is 0 Å². The van der Waals surface area contributed by atoms with Crippen molar-refractivity contribution in [3.63, 3.8) is 0 Å². The summed E-state index contributed by atoms with van der Waals surface area (Å²) < 4.78 is 0. The Morgan fingerprint density at radius 3 is 2.44 bits per heavy atom. The number of aromatic nitrogens is 1. The van der Waals surface area contributed by atoms with Crippen LogP contribution in [-0.2, 0) is 6.54 Å². The third kappa shape index (κ3) is 3.41. The van der Waals surface area contributed by atoms with Crippen LogP contribution in [0.25, 0.3) is 0 Å². The van der Waals surface area contributed by atoms with Gasteiger partial charge in [-0.25, -0.2) is 0 Å². The highest BCUT2D eigenvalue weighted by molar-refractivity contribution is 5.24. The zero-order chi connectivity index (χ0) is 13.0. The molecule has 0 spiro atoms. The summed E-state index contributed by atoms with van der Waals surface area (Å²) in [6.45, 7) is 7.22. The van der Waals surface area contributed by atoms with Crippen LogP contribution in [0.15, 0.2) is 42.7 Å². The van der Waals surface area contributed by atoms with Crippen molar-refractivity contribution in [3.8, 4) is 0 Å². The topological polar surface area (TPSA) is 24.9 Å². The monoisotopic (exact) mass is 240 g/mol. The van der Waals surface area contributed by atoms with Gasteiger partial charge in [-0.2, -0.15) is 0 Å². The number of pyridine rings is 1. The molecule has 0 unspecified atom stereocenters. The maximum absolute atomic E-state index is 4.21. The zero-order valence-corrected chi connectivity index (χ0v) is 11.3. The van der Waals surface area contributed by atoms with E-state index in [9.17, 15) is 0 Å². The van der Waals surface area contributed by atoms with E-state index in [1.165, 1.54) is 22.3 Å². The van der Waals surface area contributed by atoms with E-state index in [2.05, 4.69) is 61.4 Å². The van der Waals surface area contributed by atoms with Crippen LogP contribution in [0, 0.1) is 13.8 Å². The molecule has 0 aliphatic rings. The fourth-order valence-electron chi connectivity index (χ4n) is 1.96. The van der Waals surface area contributed by atoms with Gasteiger partial charge in [0.25, 0.3) is 0 Å². The van der Waals surface area contributed by atoms with Gasteiger partial charge in [-0.15, -0.1) is 0 Å². The zero-order valence-electron chi connectivity index (χ0n) is 11.3. The van der Waals surface area contributed by atoms with Crippen LogP contribution in [0.5, 0.6) is 0 Å². The highest BCUT2D eigenvalue weighted by Crippen LogP contribution is 2.13. The quantitative estimate of drug-likeness (QED) is 0.884. The van der Waals surface area contributed by atoms with Gasteiger partial charge in [-0.3, -0.25) is 4.98 Å². The normalized spacial score (nSPS) is 12.4. The van der Waals surface area contributed by atoms with Gasteiger partial charge in [-0.1, -0.05) is 35.9 Å². The Morgan fingerprint density at radius 1 is 1.06 bits per heavy atom. The molecule has 1 aromatic carbocycles. The minimum absolute atomic E-state index is 0.353. The van der Waals surface area contributed by atoms with Crippen LogP contribution in [-0.4, -0.2) is 4.98 Å². The van der Waals surface area contributed by atoms with Crippen LogP contribution < -0.4 is 5.32 Å². The molecule has 2 aromatic rings. The molecule has 0 aliphatic heterocycles. The van der Waals surface area contributed by atoms with Crippen molar-refractivity contribution in [1.82, 2.24) is 10.3 Å². The molecule has 18 heavy (non-hydrogen) atoms. The van der Waals surface area contributed by atoms with Crippen LogP contribution in [0.1, 0.15) is 35.2 Å². The molecule has 0 aliphatic carbocycles. The number of benzene rings is 1. The molecule has 2 heteroatoms. The van der Waals surface area contributed by atoms with Gasteiger partial charge >= 0.3 is 0 Å². The second-order valence-corrected chi connectivity index (χ2v) is 4.88. The van der Waals surface area contributed by atoms with Crippen molar-refractivity contribution >= 4 is 0 Å². The number of hydrogen-bond donors (Lipinski definition) is 1. The van der Waals surface area contributed by atoms with E-state index in [1.54, 1.807) is 0 Å². The third-order valence-electron chi connectivity index (χ3n) is 3.12. The number of hydrogen-bond acceptors (Lipinski definition) is 2. The molecule has 2 nitrogen and oxygen atoms in total. The molecule has 2 rings (SSSR count). The van der Waals surface area contributed by atoms with E-state index < -0.39 is 0 Å². The van der Waals surface area contributed by atoms with Gasteiger partial charge in [0, 0.05) is 25.0 Å². The van der Waals surface area contributed by atoms with Gasteiger partial charge in [0.05, 0.1) is 0 Å². The molecule has 0 saturated heterocycles. The first-order chi connectivity index (χ1) is 8.65. The summed E-state index contributed by atoms with van der Waals surface area (Å²) in [6, 6.07) is 11.2.